The lowest BCUT2D eigenvalue weighted by Crippen LogP contribution is -2.28. The lowest BCUT2D eigenvalue weighted by atomic mass is 10.1. The second kappa shape index (κ2) is 9.91. The number of pyridine rings is 2. The van der Waals surface area contributed by atoms with Crippen LogP contribution in [-0.2, 0) is 0 Å². The number of fused-ring (bicyclic) bond motifs is 1. The number of nitrogens with one attached hydrogen (secondary N) is 1. The third-order valence-corrected chi connectivity index (χ3v) is 5.99. The van der Waals surface area contributed by atoms with Crippen LogP contribution in [0.5, 0.6) is 11.5 Å². The molecule has 0 unspecified atom stereocenters. The maximum absolute atomic E-state index is 14.8. The Bertz CT molecular complexity index is 1790. The van der Waals surface area contributed by atoms with Gasteiger partial charge in [-0.05, 0) is 41.8 Å². The summed E-state index contributed by atoms with van der Waals surface area (Å²) in [5.74, 6) is -3.99. The van der Waals surface area contributed by atoms with Gasteiger partial charge in [-0.1, -0.05) is 29.8 Å². The van der Waals surface area contributed by atoms with E-state index in [4.69, 9.17) is 22.1 Å². The molecule has 2 aromatic heterocycles. The Morgan fingerprint density at radius 1 is 0.921 bits per heavy atom. The maximum atomic E-state index is 14.8. The summed E-state index contributed by atoms with van der Waals surface area (Å²) in [6.07, 6.45) is 1.35. The van der Waals surface area contributed by atoms with Gasteiger partial charge in [-0.2, -0.15) is 0 Å². The first-order valence-corrected chi connectivity index (χ1v) is 11.4. The first-order chi connectivity index (χ1) is 18.2. The lowest BCUT2D eigenvalue weighted by molar-refractivity contribution is 0.102. The molecule has 38 heavy (non-hydrogen) atoms. The number of benzene rings is 3. The van der Waals surface area contributed by atoms with Crippen LogP contribution in [0.1, 0.15) is 10.4 Å². The standard InChI is InChI=1S/C27H16ClF3N4O3/c28-24-23(9-10-33-25(24)32)38-22-8-5-15(12-20(22)31)34-26(36)17-11-14-3-1-2-4-21(14)35(27(17)37)16-6-7-18(29)19(30)13-16/h1-13H,(H2,32,33)(H,34,36). The number of amides is 1. The number of anilines is 2. The van der Waals surface area contributed by atoms with Gasteiger partial charge in [0.05, 0.1) is 11.2 Å². The van der Waals surface area contributed by atoms with Gasteiger partial charge in [-0.25, -0.2) is 18.2 Å². The minimum absolute atomic E-state index is 0.0119. The molecule has 0 bridgehead atoms. The average Bonchev–Trinajstić information content (AvgIpc) is 2.89. The number of carbonyl (C=O) groups excluding carboxylic acids is 1. The molecule has 3 N–H and O–H groups in total. The highest BCUT2D eigenvalue weighted by Crippen LogP contribution is 2.34. The number of hydrogen-bond acceptors (Lipinski definition) is 5. The van der Waals surface area contributed by atoms with E-state index < -0.39 is 28.9 Å². The summed E-state index contributed by atoms with van der Waals surface area (Å²) in [5, 5.41) is 2.98. The van der Waals surface area contributed by atoms with Crippen LogP contribution in [-0.4, -0.2) is 15.5 Å². The zero-order valence-electron chi connectivity index (χ0n) is 19.2. The largest absolute Gasteiger partial charge is 0.453 e. The van der Waals surface area contributed by atoms with Gasteiger partial charge in [-0.15, -0.1) is 0 Å². The van der Waals surface area contributed by atoms with Crippen molar-refractivity contribution in [3.05, 3.63) is 117 Å². The van der Waals surface area contributed by atoms with Gasteiger partial charge in [0.1, 0.15) is 16.4 Å². The summed E-state index contributed by atoms with van der Waals surface area (Å²) < 4.78 is 48.8. The molecule has 0 fully saturated rings. The molecule has 0 aliphatic rings. The molecule has 11 heteroatoms. The highest BCUT2D eigenvalue weighted by atomic mass is 35.5. The van der Waals surface area contributed by atoms with E-state index in [9.17, 15) is 22.8 Å². The highest BCUT2D eigenvalue weighted by molar-refractivity contribution is 6.34. The molecule has 0 atom stereocenters. The summed E-state index contributed by atoms with van der Waals surface area (Å²) in [4.78, 5) is 30.3. The van der Waals surface area contributed by atoms with Crippen LogP contribution in [0.15, 0.2) is 83.8 Å². The Kier molecular flexibility index (Phi) is 6.48. The predicted molar refractivity (Wildman–Crippen MR) is 138 cm³/mol. The molecule has 190 valence electrons. The van der Waals surface area contributed by atoms with Crippen molar-refractivity contribution in [2.75, 3.05) is 11.1 Å². The molecule has 3 aromatic carbocycles. The molecule has 5 rings (SSSR count). The smallest absolute Gasteiger partial charge is 0.268 e. The number of hydrogen-bond donors (Lipinski definition) is 2. The molecule has 0 saturated carbocycles. The number of para-hydroxylation sites is 1. The number of halogens is 4. The Labute approximate surface area is 217 Å². The van der Waals surface area contributed by atoms with E-state index in [-0.39, 0.29) is 39.3 Å². The number of carbonyl (C=O) groups is 1. The molecular formula is C27H16ClF3N4O3. The van der Waals surface area contributed by atoms with E-state index >= 15 is 0 Å². The molecular weight excluding hydrogens is 521 g/mol. The molecule has 0 radical (unpaired) electrons. The monoisotopic (exact) mass is 536 g/mol. The zero-order valence-corrected chi connectivity index (χ0v) is 20.0. The van der Waals surface area contributed by atoms with Crippen LogP contribution in [0.3, 0.4) is 0 Å². The van der Waals surface area contributed by atoms with Crippen molar-refractivity contribution in [1.82, 2.24) is 9.55 Å². The van der Waals surface area contributed by atoms with E-state index in [1.54, 1.807) is 24.3 Å². The van der Waals surface area contributed by atoms with Crippen LogP contribution < -0.4 is 21.3 Å². The van der Waals surface area contributed by atoms with Crippen molar-refractivity contribution < 1.29 is 22.7 Å². The SMILES string of the molecule is Nc1nccc(Oc2ccc(NC(=O)c3cc4ccccc4n(-c4ccc(F)c(F)c4)c3=O)cc2F)c1Cl. The third kappa shape index (κ3) is 4.64. The van der Waals surface area contributed by atoms with Gasteiger partial charge >= 0.3 is 0 Å². The van der Waals surface area contributed by atoms with Gasteiger partial charge in [-0.3, -0.25) is 14.2 Å². The average molecular weight is 537 g/mol. The van der Waals surface area contributed by atoms with E-state index in [2.05, 4.69) is 10.3 Å². The fourth-order valence-corrected chi connectivity index (χ4v) is 3.95. The maximum Gasteiger partial charge on any atom is 0.268 e. The van der Waals surface area contributed by atoms with E-state index in [1.165, 1.54) is 36.5 Å². The quantitative estimate of drug-likeness (QED) is 0.283. The second-order valence-electron chi connectivity index (χ2n) is 8.07. The molecule has 0 spiro atoms. The topological polar surface area (TPSA) is 99.2 Å². The number of nitrogens with zero attached hydrogens (tertiary/aromatic N) is 2. The molecule has 7 nitrogen and oxygen atoms in total. The Balaban J connectivity index is 1.49. The number of aromatic nitrogens is 2. The molecule has 1 amide bonds. The minimum atomic E-state index is -1.15. The van der Waals surface area contributed by atoms with Crippen LogP contribution in [0.25, 0.3) is 16.6 Å². The second-order valence-corrected chi connectivity index (χ2v) is 8.44. The molecule has 5 aromatic rings. The lowest BCUT2D eigenvalue weighted by Gasteiger charge is -2.14. The van der Waals surface area contributed by atoms with Crippen molar-refractivity contribution in [1.29, 1.82) is 0 Å². The Morgan fingerprint density at radius 3 is 2.47 bits per heavy atom. The number of nitrogen functional groups attached to an aromatic ring is 1. The van der Waals surface area contributed by atoms with Crippen molar-refractivity contribution in [2.45, 2.75) is 0 Å². The van der Waals surface area contributed by atoms with Crippen molar-refractivity contribution in [3.63, 3.8) is 0 Å². The van der Waals surface area contributed by atoms with Gasteiger partial charge in [0.2, 0.25) is 0 Å². The number of rotatable bonds is 5. The summed E-state index contributed by atoms with van der Waals surface area (Å²) in [7, 11) is 0. The van der Waals surface area contributed by atoms with E-state index in [0.29, 0.717) is 10.9 Å². The van der Waals surface area contributed by atoms with Crippen LogP contribution in [0, 0.1) is 17.5 Å². The Morgan fingerprint density at radius 2 is 1.71 bits per heavy atom. The first kappa shape index (κ1) is 24.8. The van der Waals surface area contributed by atoms with E-state index in [0.717, 1.165) is 22.8 Å². The van der Waals surface area contributed by atoms with Crippen LogP contribution in [0.4, 0.5) is 24.7 Å². The highest BCUT2D eigenvalue weighted by Gasteiger charge is 2.19. The Hall–Kier alpha value is -4.83. The molecule has 0 aliphatic heterocycles. The van der Waals surface area contributed by atoms with Gasteiger partial charge < -0.3 is 15.8 Å². The van der Waals surface area contributed by atoms with Gasteiger partial charge in [0, 0.05) is 30.1 Å². The summed E-state index contributed by atoms with van der Waals surface area (Å²) in [5.41, 5.74) is 4.99. The van der Waals surface area contributed by atoms with Crippen LogP contribution in [0.2, 0.25) is 5.02 Å². The number of nitrogens with two attached hydrogens (primary N) is 1. The minimum Gasteiger partial charge on any atom is -0.453 e. The van der Waals surface area contributed by atoms with Gasteiger partial charge in [0.15, 0.2) is 29.0 Å². The third-order valence-electron chi connectivity index (χ3n) is 5.61. The van der Waals surface area contributed by atoms with Gasteiger partial charge in [0.25, 0.3) is 11.5 Å². The predicted octanol–water partition coefficient (Wildman–Crippen LogP) is 6.08. The molecule has 0 saturated heterocycles. The normalized spacial score (nSPS) is 10.9. The van der Waals surface area contributed by atoms with Crippen molar-refractivity contribution in [3.8, 4) is 17.2 Å². The fraction of sp³-hybridized carbons (Fsp3) is 0. The molecule has 2 heterocycles. The first-order valence-electron chi connectivity index (χ1n) is 11.0. The number of ether oxygens (including phenoxy) is 1. The summed E-state index contributed by atoms with van der Waals surface area (Å²) in [6, 6.07) is 16.0. The zero-order chi connectivity index (χ0) is 27.0. The van der Waals surface area contributed by atoms with Crippen molar-refractivity contribution >= 4 is 39.9 Å². The summed E-state index contributed by atoms with van der Waals surface area (Å²) >= 11 is 6.03. The van der Waals surface area contributed by atoms with Crippen LogP contribution >= 0.6 is 11.6 Å². The molecule has 0 aliphatic carbocycles. The van der Waals surface area contributed by atoms with Crippen molar-refractivity contribution in [2.24, 2.45) is 0 Å². The van der Waals surface area contributed by atoms with E-state index in [1.807, 2.05) is 0 Å². The summed E-state index contributed by atoms with van der Waals surface area (Å²) in [6.45, 7) is 0. The fourth-order valence-electron chi connectivity index (χ4n) is 3.80.